The number of hydrogen-bond acceptors (Lipinski definition) is 2. The molecule has 1 unspecified atom stereocenters. The van der Waals surface area contributed by atoms with E-state index in [2.05, 4.69) is 5.32 Å². The van der Waals surface area contributed by atoms with E-state index in [4.69, 9.17) is 5.11 Å². The van der Waals surface area contributed by atoms with Crippen LogP contribution in [0.3, 0.4) is 0 Å². The van der Waals surface area contributed by atoms with Crippen LogP contribution < -0.4 is 5.32 Å². The summed E-state index contributed by atoms with van der Waals surface area (Å²) in [4.78, 5) is 12.4. The van der Waals surface area contributed by atoms with Crippen LogP contribution in [0.15, 0.2) is 48.8 Å². The number of nitrogens with zero attached hydrogens (tertiary/aromatic N) is 1. The molecule has 0 saturated heterocycles. The maximum atomic E-state index is 12.4. The molecule has 0 saturated carbocycles. The van der Waals surface area contributed by atoms with E-state index in [-0.39, 0.29) is 18.1 Å². The number of amides is 1. The Morgan fingerprint density at radius 1 is 1.29 bits per heavy atom. The van der Waals surface area contributed by atoms with Crippen LogP contribution in [0, 0.1) is 0 Å². The molecule has 4 heteroatoms. The molecule has 1 aromatic carbocycles. The number of benzene rings is 1. The summed E-state index contributed by atoms with van der Waals surface area (Å²) in [6.45, 7) is 4.02. The van der Waals surface area contributed by atoms with Gasteiger partial charge in [0.05, 0.1) is 0 Å². The fourth-order valence-corrected chi connectivity index (χ4v) is 2.24. The van der Waals surface area contributed by atoms with E-state index in [1.165, 1.54) is 0 Å². The first-order chi connectivity index (χ1) is 10.1. The summed E-state index contributed by atoms with van der Waals surface area (Å²) in [7, 11) is 0. The molecule has 112 valence electrons. The highest BCUT2D eigenvalue weighted by Crippen LogP contribution is 2.16. The van der Waals surface area contributed by atoms with Crippen molar-refractivity contribution in [3.8, 4) is 5.69 Å². The van der Waals surface area contributed by atoms with Crippen molar-refractivity contribution in [1.82, 2.24) is 9.88 Å². The maximum absolute atomic E-state index is 12.4. The largest absolute Gasteiger partial charge is 0.396 e. The topological polar surface area (TPSA) is 54.3 Å². The van der Waals surface area contributed by atoms with Crippen LogP contribution >= 0.6 is 0 Å². The summed E-state index contributed by atoms with van der Waals surface area (Å²) in [6.07, 6.45) is 5.21. The van der Waals surface area contributed by atoms with Crippen molar-refractivity contribution in [3.63, 3.8) is 0 Å². The standard InChI is InChI=1S/C17H22N2O2/c1-3-17(2,9-12-20)18-16(21)14-7-6-8-15(13-14)19-10-4-5-11-19/h4-8,10-11,13,20H,3,9,12H2,1-2H3,(H,18,21). The average Bonchev–Trinajstić information content (AvgIpc) is 3.02. The first kappa shape index (κ1) is 15.3. The molecule has 1 atom stereocenters. The van der Waals surface area contributed by atoms with Gasteiger partial charge in [-0.2, -0.15) is 0 Å². The van der Waals surface area contributed by atoms with Crippen molar-refractivity contribution >= 4 is 5.91 Å². The summed E-state index contributed by atoms with van der Waals surface area (Å²) in [5.74, 6) is -0.109. The molecular formula is C17H22N2O2. The van der Waals surface area contributed by atoms with Crippen LogP contribution in [0.25, 0.3) is 5.69 Å². The lowest BCUT2D eigenvalue weighted by molar-refractivity contribution is 0.0886. The summed E-state index contributed by atoms with van der Waals surface area (Å²) in [6, 6.07) is 11.4. The third-order valence-corrected chi connectivity index (χ3v) is 3.87. The van der Waals surface area contributed by atoms with Crippen LogP contribution in [0.1, 0.15) is 37.0 Å². The molecule has 2 aromatic rings. The van der Waals surface area contributed by atoms with E-state index in [1.807, 2.05) is 61.1 Å². The number of rotatable bonds is 6. The Kier molecular flexibility index (Phi) is 4.81. The Labute approximate surface area is 125 Å². The van der Waals surface area contributed by atoms with Crippen LogP contribution in [-0.2, 0) is 0 Å². The molecule has 0 aliphatic heterocycles. The quantitative estimate of drug-likeness (QED) is 0.858. The van der Waals surface area contributed by atoms with Crippen LogP contribution in [0.5, 0.6) is 0 Å². The zero-order chi connectivity index (χ0) is 15.3. The Morgan fingerprint density at radius 3 is 2.62 bits per heavy atom. The zero-order valence-electron chi connectivity index (χ0n) is 12.5. The van der Waals surface area contributed by atoms with Crippen LogP contribution in [0.2, 0.25) is 0 Å². The van der Waals surface area contributed by atoms with Gasteiger partial charge in [0.15, 0.2) is 0 Å². The zero-order valence-corrected chi connectivity index (χ0v) is 12.5. The minimum Gasteiger partial charge on any atom is -0.396 e. The molecule has 4 nitrogen and oxygen atoms in total. The Balaban J connectivity index is 2.18. The number of aliphatic hydroxyl groups is 1. The van der Waals surface area contributed by atoms with Crippen molar-refractivity contribution in [2.45, 2.75) is 32.2 Å². The fourth-order valence-electron chi connectivity index (χ4n) is 2.24. The second-order valence-corrected chi connectivity index (χ2v) is 5.48. The van der Waals surface area contributed by atoms with E-state index in [0.29, 0.717) is 12.0 Å². The highest BCUT2D eigenvalue weighted by Gasteiger charge is 2.24. The van der Waals surface area contributed by atoms with Gasteiger partial charge in [-0.05, 0) is 50.1 Å². The molecule has 1 heterocycles. The molecule has 0 radical (unpaired) electrons. The van der Waals surface area contributed by atoms with Gasteiger partial charge < -0.3 is 15.0 Å². The van der Waals surface area contributed by atoms with Crippen molar-refractivity contribution in [2.75, 3.05) is 6.61 Å². The lowest BCUT2D eigenvalue weighted by Gasteiger charge is -2.29. The first-order valence-corrected chi connectivity index (χ1v) is 7.25. The molecule has 1 aromatic heterocycles. The Morgan fingerprint density at radius 2 is 2.00 bits per heavy atom. The van der Waals surface area contributed by atoms with Gasteiger partial charge in [0, 0.05) is 35.8 Å². The first-order valence-electron chi connectivity index (χ1n) is 7.25. The van der Waals surface area contributed by atoms with E-state index in [1.54, 1.807) is 6.07 Å². The maximum Gasteiger partial charge on any atom is 0.251 e. The van der Waals surface area contributed by atoms with Crippen molar-refractivity contribution in [2.24, 2.45) is 0 Å². The molecule has 2 N–H and O–H groups in total. The second kappa shape index (κ2) is 6.59. The molecule has 0 spiro atoms. The second-order valence-electron chi connectivity index (χ2n) is 5.48. The third kappa shape index (κ3) is 3.73. The van der Waals surface area contributed by atoms with Crippen molar-refractivity contribution in [1.29, 1.82) is 0 Å². The van der Waals surface area contributed by atoms with E-state index < -0.39 is 0 Å². The normalized spacial score (nSPS) is 13.7. The molecule has 0 aliphatic carbocycles. The van der Waals surface area contributed by atoms with Gasteiger partial charge in [-0.1, -0.05) is 13.0 Å². The van der Waals surface area contributed by atoms with E-state index >= 15 is 0 Å². The number of carbonyl (C=O) groups excluding carboxylic acids is 1. The van der Waals surface area contributed by atoms with Gasteiger partial charge in [0.25, 0.3) is 5.91 Å². The third-order valence-electron chi connectivity index (χ3n) is 3.87. The lowest BCUT2D eigenvalue weighted by Crippen LogP contribution is -2.46. The van der Waals surface area contributed by atoms with Crippen molar-refractivity contribution in [3.05, 3.63) is 54.4 Å². The minimum absolute atomic E-state index is 0.0635. The average molecular weight is 286 g/mol. The monoisotopic (exact) mass is 286 g/mol. The Bertz CT molecular complexity index is 593. The van der Waals surface area contributed by atoms with Gasteiger partial charge >= 0.3 is 0 Å². The van der Waals surface area contributed by atoms with Gasteiger partial charge in [-0.15, -0.1) is 0 Å². The van der Waals surface area contributed by atoms with E-state index in [0.717, 1.165) is 12.1 Å². The fraction of sp³-hybridized carbons (Fsp3) is 0.353. The van der Waals surface area contributed by atoms with Gasteiger partial charge in [0.1, 0.15) is 0 Å². The lowest BCUT2D eigenvalue weighted by atomic mass is 9.94. The molecule has 0 bridgehead atoms. The molecular weight excluding hydrogens is 264 g/mol. The highest BCUT2D eigenvalue weighted by molar-refractivity contribution is 5.95. The molecule has 0 fully saturated rings. The molecule has 21 heavy (non-hydrogen) atoms. The predicted octanol–water partition coefficient (Wildman–Crippen LogP) is 2.76. The Hall–Kier alpha value is -2.07. The molecule has 2 rings (SSSR count). The number of carbonyl (C=O) groups is 1. The molecule has 0 aliphatic rings. The number of nitrogens with one attached hydrogen (secondary N) is 1. The van der Waals surface area contributed by atoms with Crippen LogP contribution in [0.4, 0.5) is 0 Å². The number of aliphatic hydroxyl groups excluding tert-OH is 1. The van der Waals surface area contributed by atoms with Crippen molar-refractivity contribution < 1.29 is 9.90 Å². The predicted molar refractivity (Wildman–Crippen MR) is 83.6 cm³/mol. The van der Waals surface area contributed by atoms with Gasteiger partial charge in [-0.3, -0.25) is 4.79 Å². The highest BCUT2D eigenvalue weighted by atomic mass is 16.3. The van der Waals surface area contributed by atoms with E-state index in [9.17, 15) is 4.79 Å². The summed E-state index contributed by atoms with van der Waals surface area (Å²) in [5, 5.41) is 12.2. The van der Waals surface area contributed by atoms with Crippen LogP contribution in [-0.4, -0.2) is 27.7 Å². The summed E-state index contributed by atoms with van der Waals surface area (Å²) >= 11 is 0. The minimum atomic E-state index is -0.380. The summed E-state index contributed by atoms with van der Waals surface area (Å²) < 4.78 is 1.96. The summed E-state index contributed by atoms with van der Waals surface area (Å²) in [5.41, 5.74) is 1.20. The SMILES string of the molecule is CCC(C)(CCO)NC(=O)c1cccc(-n2cccc2)c1. The smallest absolute Gasteiger partial charge is 0.251 e. The van der Waals surface area contributed by atoms with Gasteiger partial charge in [-0.25, -0.2) is 0 Å². The number of hydrogen-bond donors (Lipinski definition) is 2. The van der Waals surface area contributed by atoms with Gasteiger partial charge in [0.2, 0.25) is 0 Å². The molecule has 1 amide bonds. The number of aromatic nitrogens is 1.